The van der Waals surface area contributed by atoms with Crippen LogP contribution in [0.3, 0.4) is 0 Å². The number of rotatable bonds is 4. The molecule has 1 aromatic carbocycles. The second-order valence-corrected chi connectivity index (χ2v) is 6.78. The van der Waals surface area contributed by atoms with E-state index in [0.717, 1.165) is 62.6 Å². The Morgan fingerprint density at radius 1 is 1.29 bits per heavy atom. The molecule has 0 saturated carbocycles. The van der Waals surface area contributed by atoms with Crippen molar-refractivity contribution in [2.75, 3.05) is 26.9 Å². The van der Waals surface area contributed by atoms with E-state index < -0.39 is 0 Å². The molecule has 2 fully saturated rings. The van der Waals surface area contributed by atoms with E-state index in [1.54, 1.807) is 7.11 Å². The van der Waals surface area contributed by atoms with Crippen molar-refractivity contribution in [1.82, 2.24) is 15.0 Å². The van der Waals surface area contributed by atoms with Crippen LogP contribution in [0.2, 0.25) is 0 Å². The first-order valence-electron chi connectivity index (χ1n) is 8.51. The van der Waals surface area contributed by atoms with Gasteiger partial charge in [-0.25, -0.2) is 4.68 Å². The average Bonchev–Trinajstić information content (AvgIpc) is 3.23. The molecule has 1 aromatic heterocycles. The third kappa shape index (κ3) is 3.03. The molecule has 0 aliphatic carbocycles. The van der Waals surface area contributed by atoms with E-state index in [4.69, 9.17) is 14.2 Å². The van der Waals surface area contributed by atoms with Gasteiger partial charge in [0.15, 0.2) is 0 Å². The highest BCUT2D eigenvalue weighted by Gasteiger charge is 2.41. The molecule has 0 bridgehead atoms. The average molecular weight is 329 g/mol. The number of aromatic nitrogens is 3. The Bertz CT molecular complexity index is 694. The Morgan fingerprint density at radius 2 is 2.12 bits per heavy atom. The molecule has 1 atom stereocenters. The SMILES string of the molecule is COc1ccccc1-c1cn(CC2CC3(CCOCC3)CO2)nn1. The van der Waals surface area contributed by atoms with Crippen LogP contribution in [0.5, 0.6) is 5.75 Å². The molecule has 1 unspecified atom stereocenters. The number of ether oxygens (including phenoxy) is 3. The van der Waals surface area contributed by atoms with Crippen LogP contribution in [0.25, 0.3) is 11.3 Å². The Kier molecular flexibility index (Phi) is 4.24. The topological polar surface area (TPSA) is 58.4 Å². The highest BCUT2D eigenvalue weighted by atomic mass is 16.5. The Labute approximate surface area is 141 Å². The van der Waals surface area contributed by atoms with E-state index in [2.05, 4.69) is 10.3 Å². The number of hydrogen-bond donors (Lipinski definition) is 0. The molecule has 0 N–H and O–H groups in total. The number of methoxy groups -OCH3 is 1. The van der Waals surface area contributed by atoms with Gasteiger partial charge < -0.3 is 14.2 Å². The van der Waals surface area contributed by atoms with E-state index in [1.807, 2.05) is 35.1 Å². The summed E-state index contributed by atoms with van der Waals surface area (Å²) in [5.74, 6) is 0.808. The molecular formula is C18H23N3O3. The van der Waals surface area contributed by atoms with Crippen molar-refractivity contribution in [3.8, 4) is 17.0 Å². The zero-order valence-electron chi connectivity index (χ0n) is 14.0. The van der Waals surface area contributed by atoms with Gasteiger partial charge in [0.2, 0.25) is 0 Å². The second kappa shape index (κ2) is 6.53. The van der Waals surface area contributed by atoms with Gasteiger partial charge in [0, 0.05) is 24.2 Å². The first kappa shape index (κ1) is 15.6. The fourth-order valence-electron chi connectivity index (χ4n) is 3.74. The Balaban J connectivity index is 1.44. The molecule has 2 aromatic rings. The summed E-state index contributed by atoms with van der Waals surface area (Å²) in [7, 11) is 1.67. The van der Waals surface area contributed by atoms with Gasteiger partial charge in [-0.3, -0.25) is 0 Å². The van der Waals surface area contributed by atoms with E-state index >= 15 is 0 Å². The van der Waals surface area contributed by atoms with Crippen molar-refractivity contribution in [2.24, 2.45) is 5.41 Å². The van der Waals surface area contributed by atoms with Crippen LogP contribution in [0.15, 0.2) is 30.5 Å². The summed E-state index contributed by atoms with van der Waals surface area (Å²) in [5, 5.41) is 8.57. The predicted molar refractivity (Wildman–Crippen MR) is 88.9 cm³/mol. The molecule has 1 spiro atoms. The van der Waals surface area contributed by atoms with Gasteiger partial charge in [-0.05, 0) is 31.4 Å². The van der Waals surface area contributed by atoms with Crippen LogP contribution in [-0.4, -0.2) is 48.0 Å². The fourth-order valence-corrected chi connectivity index (χ4v) is 3.74. The third-order valence-corrected chi connectivity index (χ3v) is 5.15. The van der Waals surface area contributed by atoms with E-state index in [1.165, 1.54) is 0 Å². The van der Waals surface area contributed by atoms with Crippen LogP contribution in [0, 0.1) is 5.41 Å². The molecule has 4 rings (SSSR count). The van der Waals surface area contributed by atoms with Crippen molar-refractivity contribution < 1.29 is 14.2 Å². The van der Waals surface area contributed by atoms with Crippen molar-refractivity contribution in [3.63, 3.8) is 0 Å². The van der Waals surface area contributed by atoms with Crippen LogP contribution >= 0.6 is 0 Å². The lowest BCUT2D eigenvalue weighted by molar-refractivity contribution is 0.00633. The third-order valence-electron chi connectivity index (χ3n) is 5.15. The van der Waals surface area contributed by atoms with Crippen LogP contribution < -0.4 is 4.74 Å². The summed E-state index contributed by atoms with van der Waals surface area (Å²) < 4.78 is 18.8. The van der Waals surface area contributed by atoms with Gasteiger partial charge in [0.25, 0.3) is 0 Å². The largest absolute Gasteiger partial charge is 0.496 e. The van der Waals surface area contributed by atoms with Crippen LogP contribution in [0.4, 0.5) is 0 Å². The van der Waals surface area contributed by atoms with Crippen molar-refractivity contribution in [3.05, 3.63) is 30.5 Å². The minimum Gasteiger partial charge on any atom is -0.496 e. The van der Waals surface area contributed by atoms with E-state index in [9.17, 15) is 0 Å². The maximum Gasteiger partial charge on any atom is 0.128 e. The molecule has 0 amide bonds. The van der Waals surface area contributed by atoms with Gasteiger partial charge in [-0.2, -0.15) is 0 Å². The molecule has 3 heterocycles. The zero-order valence-corrected chi connectivity index (χ0v) is 14.0. The summed E-state index contributed by atoms with van der Waals surface area (Å²) >= 11 is 0. The van der Waals surface area contributed by atoms with Gasteiger partial charge in [0.1, 0.15) is 11.4 Å². The summed E-state index contributed by atoms with van der Waals surface area (Å²) in [4.78, 5) is 0. The molecular weight excluding hydrogens is 306 g/mol. The predicted octanol–water partition coefficient (Wildman–Crippen LogP) is 2.54. The van der Waals surface area contributed by atoms with E-state index in [0.29, 0.717) is 5.41 Å². The molecule has 0 radical (unpaired) electrons. The molecule has 24 heavy (non-hydrogen) atoms. The summed E-state index contributed by atoms with van der Waals surface area (Å²) in [6.45, 7) is 3.30. The number of benzene rings is 1. The second-order valence-electron chi connectivity index (χ2n) is 6.78. The number of para-hydroxylation sites is 1. The summed E-state index contributed by atoms with van der Waals surface area (Å²) in [6.07, 6.45) is 5.46. The Morgan fingerprint density at radius 3 is 2.96 bits per heavy atom. The molecule has 6 heteroatoms. The highest BCUT2D eigenvalue weighted by Crippen LogP contribution is 2.41. The fraction of sp³-hybridized carbons (Fsp3) is 0.556. The summed E-state index contributed by atoms with van der Waals surface area (Å²) in [5.41, 5.74) is 2.10. The molecule has 6 nitrogen and oxygen atoms in total. The summed E-state index contributed by atoms with van der Waals surface area (Å²) in [6, 6.07) is 7.86. The lowest BCUT2D eigenvalue weighted by Crippen LogP contribution is -2.30. The zero-order chi connectivity index (χ0) is 16.4. The monoisotopic (exact) mass is 329 g/mol. The maximum absolute atomic E-state index is 6.04. The van der Waals surface area contributed by atoms with Crippen LogP contribution in [0.1, 0.15) is 19.3 Å². The quantitative estimate of drug-likeness (QED) is 0.863. The van der Waals surface area contributed by atoms with E-state index in [-0.39, 0.29) is 6.10 Å². The minimum atomic E-state index is 0.204. The van der Waals surface area contributed by atoms with Crippen molar-refractivity contribution >= 4 is 0 Å². The van der Waals surface area contributed by atoms with Crippen molar-refractivity contribution in [2.45, 2.75) is 31.9 Å². The first-order chi connectivity index (χ1) is 11.8. The van der Waals surface area contributed by atoms with Gasteiger partial charge >= 0.3 is 0 Å². The smallest absolute Gasteiger partial charge is 0.128 e. The normalized spacial score (nSPS) is 22.8. The molecule has 128 valence electrons. The first-order valence-corrected chi connectivity index (χ1v) is 8.51. The lowest BCUT2D eigenvalue weighted by Gasteiger charge is -2.31. The number of hydrogen-bond acceptors (Lipinski definition) is 5. The number of nitrogens with zero attached hydrogens (tertiary/aromatic N) is 3. The van der Waals surface area contributed by atoms with Gasteiger partial charge in [0.05, 0.1) is 32.6 Å². The maximum atomic E-state index is 6.04. The minimum absolute atomic E-state index is 0.204. The van der Waals surface area contributed by atoms with Gasteiger partial charge in [-0.1, -0.05) is 17.3 Å². The van der Waals surface area contributed by atoms with Crippen molar-refractivity contribution in [1.29, 1.82) is 0 Å². The highest BCUT2D eigenvalue weighted by molar-refractivity contribution is 5.65. The molecule has 2 aliphatic rings. The van der Waals surface area contributed by atoms with Gasteiger partial charge in [-0.15, -0.1) is 5.10 Å². The Hall–Kier alpha value is -1.92. The molecule has 2 saturated heterocycles. The molecule has 2 aliphatic heterocycles. The lowest BCUT2D eigenvalue weighted by atomic mass is 9.78. The van der Waals surface area contributed by atoms with Crippen LogP contribution in [-0.2, 0) is 16.0 Å². The standard InChI is InChI=1S/C18H23N3O3/c1-22-17-5-3-2-4-15(17)16-12-21(20-19-16)11-14-10-18(13-24-14)6-8-23-9-7-18/h2-5,12,14H,6-11,13H2,1H3.